The minimum Gasteiger partial charge on any atom is -0.493 e. The SMILES string of the molecule is C#Cc1ccc2c(c1)[nH]c1c2c(=O)c2cc(OCC)c(-c3cncc(OS(=O)(=O)F)c3)cc2n1C. The number of fused-ring (bicyclic) bond motifs is 4. The molecule has 0 aliphatic rings. The molecular weight excluding hydrogens is 473 g/mol. The lowest BCUT2D eigenvalue weighted by Gasteiger charge is -2.15. The van der Waals surface area contributed by atoms with Crippen LogP contribution >= 0.6 is 0 Å². The molecule has 0 aliphatic heterocycles. The number of halogens is 1. The maximum absolute atomic E-state index is 13.6. The van der Waals surface area contributed by atoms with Gasteiger partial charge in [-0.15, -0.1) is 6.42 Å². The van der Waals surface area contributed by atoms with Gasteiger partial charge in [0.05, 0.1) is 29.1 Å². The van der Waals surface area contributed by atoms with Gasteiger partial charge in [-0.05, 0) is 37.3 Å². The molecule has 0 saturated carbocycles. The molecule has 0 fully saturated rings. The zero-order valence-electron chi connectivity index (χ0n) is 18.6. The Labute approximate surface area is 199 Å². The quantitative estimate of drug-likeness (QED) is 0.292. The van der Waals surface area contributed by atoms with E-state index in [1.165, 1.54) is 12.3 Å². The molecule has 0 saturated heterocycles. The van der Waals surface area contributed by atoms with Crippen molar-refractivity contribution < 1.29 is 21.2 Å². The van der Waals surface area contributed by atoms with Crippen LogP contribution in [0.2, 0.25) is 0 Å². The van der Waals surface area contributed by atoms with E-state index in [9.17, 15) is 17.1 Å². The standard InChI is InChI=1S/C25H18FN3O5S/c1-4-14-6-7-17-20(8-14)28-25-23(17)24(30)19-11-22(33-5-2)18(10-21(19)29(25)3)15-9-16(13-27-12-15)34-35(26,31)32/h1,6-13,28H,5H2,2-3H3. The summed E-state index contributed by atoms with van der Waals surface area (Å²) in [7, 11) is -3.40. The number of H-pyrrole nitrogens is 1. The largest absolute Gasteiger partial charge is 0.493 e. The Kier molecular flexibility index (Phi) is 5.22. The number of hydrogen-bond donors (Lipinski definition) is 1. The summed E-state index contributed by atoms with van der Waals surface area (Å²) in [5, 5.41) is 1.71. The molecule has 0 spiro atoms. The van der Waals surface area contributed by atoms with Gasteiger partial charge in [0, 0.05) is 40.8 Å². The Balaban J connectivity index is 1.82. The van der Waals surface area contributed by atoms with Crippen molar-refractivity contribution in [3.8, 4) is 35.0 Å². The van der Waals surface area contributed by atoms with E-state index in [1.807, 2.05) is 23.7 Å². The second-order valence-electron chi connectivity index (χ2n) is 7.83. The van der Waals surface area contributed by atoms with Gasteiger partial charge in [0.1, 0.15) is 11.4 Å². The van der Waals surface area contributed by atoms with Crippen LogP contribution in [0.15, 0.2) is 53.6 Å². The van der Waals surface area contributed by atoms with E-state index in [2.05, 4.69) is 20.1 Å². The van der Waals surface area contributed by atoms with Gasteiger partial charge in [-0.3, -0.25) is 9.78 Å². The highest BCUT2D eigenvalue weighted by atomic mass is 32.3. The van der Waals surface area contributed by atoms with E-state index in [0.29, 0.717) is 51.0 Å². The molecule has 8 nitrogen and oxygen atoms in total. The second kappa shape index (κ2) is 8.14. The molecule has 0 unspecified atom stereocenters. The lowest BCUT2D eigenvalue weighted by Crippen LogP contribution is -2.09. The predicted molar refractivity (Wildman–Crippen MR) is 132 cm³/mol. The molecule has 176 valence electrons. The molecular formula is C25H18FN3O5S. The van der Waals surface area contributed by atoms with Crippen molar-refractivity contribution in [2.45, 2.75) is 6.92 Å². The number of terminal acetylenes is 1. The average molecular weight is 492 g/mol. The number of aromatic nitrogens is 3. The first-order valence-electron chi connectivity index (χ1n) is 10.5. The summed E-state index contributed by atoms with van der Waals surface area (Å²) in [6.45, 7) is 2.11. The lowest BCUT2D eigenvalue weighted by atomic mass is 10.0. The highest BCUT2D eigenvalue weighted by Gasteiger charge is 2.19. The fraction of sp³-hybridized carbons (Fsp3) is 0.120. The molecule has 0 bridgehead atoms. The van der Waals surface area contributed by atoms with Crippen LogP contribution in [0.1, 0.15) is 12.5 Å². The van der Waals surface area contributed by atoms with Crippen molar-refractivity contribution in [1.82, 2.24) is 14.5 Å². The minimum atomic E-state index is -5.22. The van der Waals surface area contributed by atoms with Gasteiger partial charge < -0.3 is 18.5 Å². The third-order valence-electron chi connectivity index (χ3n) is 5.73. The second-order valence-corrected chi connectivity index (χ2v) is 8.78. The maximum Gasteiger partial charge on any atom is 0.488 e. The average Bonchev–Trinajstić information content (AvgIpc) is 3.20. The van der Waals surface area contributed by atoms with Crippen molar-refractivity contribution in [2.75, 3.05) is 6.61 Å². The van der Waals surface area contributed by atoms with E-state index >= 15 is 0 Å². The van der Waals surface area contributed by atoms with Gasteiger partial charge in [0.15, 0.2) is 11.2 Å². The Morgan fingerprint density at radius 1 is 1.17 bits per heavy atom. The van der Waals surface area contributed by atoms with Crippen LogP contribution < -0.4 is 14.3 Å². The predicted octanol–water partition coefficient (Wildman–Crippen LogP) is 4.21. The van der Waals surface area contributed by atoms with E-state index in [-0.39, 0.29) is 11.2 Å². The van der Waals surface area contributed by atoms with Crippen molar-refractivity contribution in [1.29, 1.82) is 0 Å². The third kappa shape index (κ3) is 3.86. The molecule has 2 aromatic carbocycles. The van der Waals surface area contributed by atoms with Gasteiger partial charge in [0.25, 0.3) is 0 Å². The molecule has 0 aliphatic carbocycles. The van der Waals surface area contributed by atoms with Crippen LogP contribution in [0.5, 0.6) is 11.5 Å². The highest BCUT2D eigenvalue weighted by Crippen LogP contribution is 2.36. The fourth-order valence-electron chi connectivity index (χ4n) is 4.26. The number of rotatable bonds is 5. The zero-order valence-corrected chi connectivity index (χ0v) is 19.4. The van der Waals surface area contributed by atoms with Gasteiger partial charge in [-0.25, -0.2) is 0 Å². The van der Waals surface area contributed by atoms with E-state index in [0.717, 1.165) is 17.1 Å². The molecule has 35 heavy (non-hydrogen) atoms. The lowest BCUT2D eigenvalue weighted by molar-refractivity contribution is 0.342. The van der Waals surface area contributed by atoms with Crippen molar-refractivity contribution >= 4 is 43.3 Å². The van der Waals surface area contributed by atoms with Gasteiger partial charge in [-0.1, -0.05) is 15.9 Å². The molecule has 1 N–H and O–H groups in total. The van der Waals surface area contributed by atoms with E-state index < -0.39 is 10.5 Å². The Hall–Kier alpha value is -4.36. The summed E-state index contributed by atoms with van der Waals surface area (Å²) in [4.78, 5) is 20.9. The monoisotopic (exact) mass is 491 g/mol. The van der Waals surface area contributed by atoms with Crippen LogP contribution in [0.3, 0.4) is 0 Å². The Bertz CT molecular complexity index is 1870. The summed E-state index contributed by atoms with van der Waals surface area (Å²) in [6.07, 6.45) is 8.07. The first-order chi connectivity index (χ1) is 16.7. The number of nitrogens with one attached hydrogen (secondary N) is 1. The summed E-state index contributed by atoms with van der Waals surface area (Å²) in [5.41, 5.74) is 3.39. The summed E-state index contributed by atoms with van der Waals surface area (Å²) >= 11 is 0. The molecule has 3 heterocycles. The number of hydrogen-bond acceptors (Lipinski definition) is 6. The van der Waals surface area contributed by atoms with Gasteiger partial charge in [0.2, 0.25) is 0 Å². The summed E-state index contributed by atoms with van der Waals surface area (Å²) < 4.78 is 46.9. The molecule has 5 rings (SSSR count). The maximum atomic E-state index is 13.6. The summed E-state index contributed by atoms with van der Waals surface area (Å²) in [5.74, 6) is 2.68. The van der Waals surface area contributed by atoms with Crippen LogP contribution in [-0.4, -0.2) is 29.6 Å². The first kappa shape index (κ1) is 22.4. The number of pyridine rings is 2. The molecule has 5 aromatic rings. The zero-order chi connectivity index (χ0) is 24.9. The molecule has 0 amide bonds. The van der Waals surface area contributed by atoms with Crippen LogP contribution in [-0.2, 0) is 17.6 Å². The highest BCUT2D eigenvalue weighted by molar-refractivity contribution is 7.81. The normalized spacial score (nSPS) is 11.7. The van der Waals surface area contributed by atoms with Crippen molar-refractivity contribution in [3.05, 3.63) is 64.6 Å². The number of nitrogens with zero attached hydrogens (tertiary/aromatic N) is 2. The number of aryl methyl sites for hydroxylation is 1. The topological polar surface area (TPSA) is 103 Å². The van der Waals surface area contributed by atoms with Gasteiger partial charge in [-0.2, -0.15) is 8.42 Å². The van der Waals surface area contributed by atoms with Gasteiger partial charge >= 0.3 is 10.5 Å². The smallest absolute Gasteiger partial charge is 0.488 e. The third-order valence-corrected chi connectivity index (χ3v) is 6.12. The fourth-order valence-corrected chi connectivity index (χ4v) is 4.59. The first-order valence-corrected chi connectivity index (χ1v) is 11.8. The Morgan fingerprint density at radius 2 is 1.97 bits per heavy atom. The summed E-state index contributed by atoms with van der Waals surface area (Å²) in [6, 6.07) is 10.1. The minimum absolute atomic E-state index is 0.181. The number of ether oxygens (including phenoxy) is 1. The van der Waals surface area contributed by atoms with E-state index in [4.69, 9.17) is 11.2 Å². The van der Waals surface area contributed by atoms with Crippen molar-refractivity contribution in [2.24, 2.45) is 7.05 Å². The van der Waals surface area contributed by atoms with Crippen LogP contribution in [0.4, 0.5) is 3.89 Å². The Morgan fingerprint density at radius 3 is 2.69 bits per heavy atom. The number of benzene rings is 2. The molecule has 3 aromatic heterocycles. The van der Waals surface area contributed by atoms with Crippen LogP contribution in [0.25, 0.3) is 44.0 Å². The molecule has 0 atom stereocenters. The van der Waals surface area contributed by atoms with Crippen molar-refractivity contribution in [3.63, 3.8) is 0 Å². The molecule has 0 radical (unpaired) electrons. The number of aromatic amines is 1. The van der Waals surface area contributed by atoms with E-state index in [1.54, 1.807) is 25.1 Å². The molecule has 10 heteroatoms. The van der Waals surface area contributed by atoms with Crippen LogP contribution in [0, 0.1) is 12.3 Å².